The Kier molecular flexibility index (Phi) is 3.61. The van der Waals surface area contributed by atoms with Crippen molar-refractivity contribution in [2.75, 3.05) is 0 Å². The third-order valence-electron chi connectivity index (χ3n) is 2.08. The van der Waals surface area contributed by atoms with Gasteiger partial charge in [-0.1, -0.05) is 18.2 Å². The Morgan fingerprint density at radius 1 is 1.39 bits per heavy atom. The quantitative estimate of drug-likeness (QED) is 0.829. The molecule has 0 saturated carbocycles. The molecule has 94 valence electrons. The first-order chi connectivity index (χ1) is 8.56. The molecule has 0 aromatic heterocycles. The number of amides is 1. The number of para-hydroxylation sites is 1. The van der Waals surface area contributed by atoms with Gasteiger partial charge in [0, 0.05) is 5.56 Å². The normalized spacial score (nSPS) is 17.4. The Labute approximate surface area is 106 Å². The second-order valence-corrected chi connectivity index (χ2v) is 4.36. The number of alkyl halides is 2. The number of rotatable bonds is 3. The molecular formula is C11H8F2N2O2S. The predicted molar refractivity (Wildman–Crippen MR) is 64.5 cm³/mol. The molecule has 0 radical (unpaired) electrons. The zero-order valence-electron chi connectivity index (χ0n) is 8.94. The molecule has 1 aliphatic rings. The van der Waals surface area contributed by atoms with Crippen LogP contribution in [0.4, 0.5) is 8.78 Å². The summed E-state index contributed by atoms with van der Waals surface area (Å²) >= 11 is 0.937. The van der Waals surface area contributed by atoms with E-state index in [0.717, 1.165) is 11.8 Å². The molecule has 7 heteroatoms. The van der Waals surface area contributed by atoms with E-state index in [0.29, 0.717) is 5.56 Å². The van der Waals surface area contributed by atoms with Gasteiger partial charge in [-0.05, 0) is 23.9 Å². The molecule has 1 saturated heterocycles. The summed E-state index contributed by atoms with van der Waals surface area (Å²) in [7, 11) is 0. The molecular weight excluding hydrogens is 262 g/mol. The average Bonchev–Trinajstić information content (AvgIpc) is 2.59. The van der Waals surface area contributed by atoms with E-state index < -0.39 is 12.5 Å². The van der Waals surface area contributed by atoms with Gasteiger partial charge in [0.05, 0.1) is 4.91 Å². The van der Waals surface area contributed by atoms with E-state index >= 15 is 0 Å². The lowest BCUT2D eigenvalue weighted by Gasteiger charge is -2.07. The van der Waals surface area contributed by atoms with Crippen LogP contribution in [-0.2, 0) is 4.79 Å². The van der Waals surface area contributed by atoms with E-state index in [4.69, 9.17) is 5.41 Å². The van der Waals surface area contributed by atoms with Gasteiger partial charge in [0.15, 0.2) is 5.17 Å². The van der Waals surface area contributed by atoms with Crippen LogP contribution in [0.3, 0.4) is 0 Å². The van der Waals surface area contributed by atoms with E-state index in [2.05, 4.69) is 10.1 Å². The number of hydrogen-bond acceptors (Lipinski definition) is 4. The van der Waals surface area contributed by atoms with Gasteiger partial charge in [-0.25, -0.2) is 0 Å². The number of hydrogen-bond donors (Lipinski definition) is 2. The number of carbonyl (C=O) groups excluding carboxylic acids is 1. The molecule has 0 unspecified atom stereocenters. The zero-order valence-corrected chi connectivity index (χ0v) is 9.76. The molecule has 2 N–H and O–H groups in total. The van der Waals surface area contributed by atoms with Gasteiger partial charge in [0.1, 0.15) is 5.75 Å². The Bertz CT molecular complexity index is 532. The Balaban J connectivity index is 2.31. The Morgan fingerprint density at radius 3 is 2.72 bits per heavy atom. The van der Waals surface area contributed by atoms with Gasteiger partial charge in [0.25, 0.3) is 5.91 Å². The SMILES string of the molecule is N=C1NC(=O)/C(=C/c2ccccc2OC(F)F)S1. The fourth-order valence-corrected chi connectivity index (χ4v) is 2.08. The first-order valence-corrected chi connectivity index (χ1v) is 5.71. The molecule has 0 bridgehead atoms. The van der Waals surface area contributed by atoms with Crippen LogP contribution in [-0.4, -0.2) is 17.7 Å². The minimum Gasteiger partial charge on any atom is -0.434 e. The molecule has 0 spiro atoms. The number of halogens is 2. The number of ether oxygens (including phenoxy) is 1. The second-order valence-electron chi connectivity index (χ2n) is 3.31. The van der Waals surface area contributed by atoms with Crippen LogP contribution in [0.25, 0.3) is 6.08 Å². The molecule has 1 fully saturated rings. The summed E-state index contributed by atoms with van der Waals surface area (Å²) in [6.45, 7) is -2.92. The molecule has 0 atom stereocenters. The van der Waals surface area contributed by atoms with Crippen LogP contribution in [0.5, 0.6) is 5.75 Å². The van der Waals surface area contributed by atoms with Gasteiger partial charge in [0.2, 0.25) is 0 Å². The van der Waals surface area contributed by atoms with Crippen molar-refractivity contribution >= 4 is 28.9 Å². The average molecular weight is 270 g/mol. The fraction of sp³-hybridized carbons (Fsp3) is 0.0909. The molecule has 1 aliphatic heterocycles. The van der Waals surface area contributed by atoms with Crippen LogP contribution >= 0.6 is 11.8 Å². The first-order valence-electron chi connectivity index (χ1n) is 4.89. The molecule has 2 rings (SSSR count). The number of benzene rings is 1. The van der Waals surface area contributed by atoms with Crippen molar-refractivity contribution in [3.05, 3.63) is 34.7 Å². The van der Waals surface area contributed by atoms with Gasteiger partial charge < -0.3 is 10.1 Å². The third kappa shape index (κ3) is 2.86. The van der Waals surface area contributed by atoms with Crippen molar-refractivity contribution in [1.29, 1.82) is 5.41 Å². The van der Waals surface area contributed by atoms with Crippen molar-refractivity contribution in [3.8, 4) is 5.75 Å². The predicted octanol–water partition coefficient (Wildman–Crippen LogP) is 2.43. The molecule has 1 aromatic carbocycles. The third-order valence-corrected chi connectivity index (χ3v) is 2.91. The lowest BCUT2D eigenvalue weighted by molar-refractivity contribution is -0.115. The zero-order chi connectivity index (χ0) is 13.1. The lowest BCUT2D eigenvalue weighted by Crippen LogP contribution is -2.18. The van der Waals surface area contributed by atoms with Crippen LogP contribution in [0.15, 0.2) is 29.2 Å². The highest BCUT2D eigenvalue weighted by Crippen LogP contribution is 2.29. The first kappa shape index (κ1) is 12.6. The fourth-order valence-electron chi connectivity index (χ4n) is 1.39. The number of carbonyl (C=O) groups is 1. The largest absolute Gasteiger partial charge is 0.434 e. The maximum Gasteiger partial charge on any atom is 0.387 e. The highest BCUT2D eigenvalue weighted by Gasteiger charge is 2.22. The van der Waals surface area contributed by atoms with E-state index in [9.17, 15) is 13.6 Å². The minimum absolute atomic E-state index is 0.00756. The molecule has 1 aromatic rings. The summed E-state index contributed by atoms with van der Waals surface area (Å²) in [6.07, 6.45) is 1.42. The summed E-state index contributed by atoms with van der Waals surface area (Å²) in [6, 6.07) is 6.15. The van der Waals surface area contributed by atoms with Gasteiger partial charge in [-0.15, -0.1) is 0 Å². The van der Waals surface area contributed by atoms with Crippen molar-refractivity contribution in [3.63, 3.8) is 0 Å². The van der Waals surface area contributed by atoms with Crippen molar-refractivity contribution < 1.29 is 18.3 Å². The number of thioether (sulfide) groups is 1. The van der Waals surface area contributed by atoms with Crippen LogP contribution in [0, 0.1) is 5.41 Å². The van der Waals surface area contributed by atoms with Crippen molar-refractivity contribution in [1.82, 2.24) is 5.32 Å². The standard InChI is InChI=1S/C11H8F2N2O2S/c12-10(13)17-7-4-2-1-3-6(7)5-8-9(16)15-11(14)18-8/h1-5,10H,(H2,14,15,16)/b8-5-. The molecule has 1 amide bonds. The summed E-state index contributed by atoms with van der Waals surface area (Å²) in [4.78, 5) is 11.7. The van der Waals surface area contributed by atoms with E-state index in [1.807, 2.05) is 0 Å². The number of amidine groups is 1. The van der Waals surface area contributed by atoms with Gasteiger partial charge in [-0.3, -0.25) is 10.2 Å². The summed E-state index contributed by atoms with van der Waals surface area (Å²) in [5, 5.41) is 9.59. The topological polar surface area (TPSA) is 62.2 Å². The highest BCUT2D eigenvalue weighted by atomic mass is 32.2. The maximum atomic E-state index is 12.2. The Hall–Kier alpha value is -1.89. The second kappa shape index (κ2) is 5.18. The molecule has 4 nitrogen and oxygen atoms in total. The number of nitrogens with one attached hydrogen (secondary N) is 2. The smallest absolute Gasteiger partial charge is 0.387 e. The van der Waals surface area contributed by atoms with Crippen molar-refractivity contribution in [2.45, 2.75) is 6.61 Å². The highest BCUT2D eigenvalue weighted by molar-refractivity contribution is 8.18. The Morgan fingerprint density at radius 2 is 2.11 bits per heavy atom. The van der Waals surface area contributed by atoms with E-state index in [1.165, 1.54) is 12.1 Å². The van der Waals surface area contributed by atoms with Gasteiger partial charge in [-0.2, -0.15) is 8.78 Å². The monoisotopic (exact) mass is 270 g/mol. The molecule has 1 heterocycles. The summed E-state index contributed by atoms with van der Waals surface area (Å²) in [5.74, 6) is -0.427. The van der Waals surface area contributed by atoms with Crippen molar-refractivity contribution in [2.24, 2.45) is 0 Å². The lowest BCUT2D eigenvalue weighted by atomic mass is 10.2. The van der Waals surface area contributed by atoms with Gasteiger partial charge >= 0.3 is 6.61 Å². The summed E-state index contributed by atoms with van der Waals surface area (Å²) in [5.41, 5.74) is 0.366. The van der Waals surface area contributed by atoms with E-state index in [-0.39, 0.29) is 15.8 Å². The van der Waals surface area contributed by atoms with Crippen LogP contribution in [0.1, 0.15) is 5.56 Å². The summed E-state index contributed by atoms with van der Waals surface area (Å²) < 4.78 is 28.7. The maximum absolute atomic E-state index is 12.2. The van der Waals surface area contributed by atoms with Crippen LogP contribution < -0.4 is 10.1 Å². The van der Waals surface area contributed by atoms with Crippen LogP contribution in [0.2, 0.25) is 0 Å². The van der Waals surface area contributed by atoms with E-state index in [1.54, 1.807) is 18.2 Å². The molecule has 0 aliphatic carbocycles. The molecule has 18 heavy (non-hydrogen) atoms. The minimum atomic E-state index is -2.92.